The zero-order valence-electron chi connectivity index (χ0n) is 10.9. The van der Waals surface area contributed by atoms with E-state index in [9.17, 15) is 8.42 Å². The summed E-state index contributed by atoms with van der Waals surface area (Å²) in [6.45, 7) is 1.81. The summed E-state index contributed by atoms with van der Waals surface area (Å²) < 4.78 is 26.0. The number of benzene rings is 1. The molecule has 0 spiro atoms. The van der Waals surface area contributed by atoms with E-state index < -0.39 is 10.0 Å². The van der Waals surface area contributed by atoms with Crippen molar-refractivity contribution < 1.29 is 8.42 Å². The molecule has 2 aromatic rings. The van der Waals surface area contributed by atoms with Gasteiger partial charge in [0, 0.05) is 23.6 Å². The maximum Gasteiger partial charge on any atom is 0.246 e. The highest BCUT2D eigenvalue weighted by Gasteiger charge is 2.24. The molecular weight excluding hydrogens is 321 g/mol. The Morgan fingerprint density at radius 2 is 2.05 bits per heavy atom. The second kappa shape index (κ2) is 5.73. The molecule has 0 radical (unpaired) electrons. The van der Waals surface area contributed by atoms with Crippen LogP contribution in [-0.2, 0) is 16.6 Å². The van der Waals surface area contributed by atoms with E-state index in [0.717, 1.165) is 0 Å². The van der Waals surface area contributed by atoms with E-state index in [1.165, 1.54) is 17.5 Å². The second-order valence-corrected chi connectivity index (χ2v) is 7.21. The van der Waals surface area contributed by atoms with Crippen LogP contribution in [0, 0.1) is 6.92 Å². The molecule has 0 amide bonds. The molecule has 0 bridgehead atoms. The minimum atomic E-state index is -3.60. The number of hydrogen-bond acceptors (Lipinski definition) is 3. The van der Waals surface area contributed by atoms with Gasteiger partial charge in [-0.15, -0.1) is 0 Å². The van der Waals surface area contributed by atoms with Crippen LogP contribution in [0.25, 0.3) is 0 Å². The van der Waals surface area contributed by atoms with Crippen LogP contribution < -0.4 is 0 Å². The van der Waals surface area contributed by atoms with Crippen molar-refractivity contribution in [3.05, 3.63) is 45.7 Å². The number of aryl methyl sites for hydroxylation is 1. The SMILES string of the molecule is Cc1[nH]ncc1S(=O)(=O)N(C)Cc1ccc(Cl)cc1Cl. The number of nitrogens with zero attached hydrogens (tertiary/aromatic N) is 2. The van der Waals surface area contributed by atoms with Crippen molar-refractivity contribution in [2.75, 3.05) is 7.05 Å². The van der Waals surface area contributed by atoms with Crippen molar-refractivity contribution in [1.82, 2.24) is 14.5 Å². The van der Waals surface area contributed by atoms with Crippen LogP contribution in [0.2, 0.25) is 10.0 Å². The van der Waals surface area contributed by atoms with Crippen molar-refractivity contribution in [2.45, 2.75) is 18.4 Å². The number of hydrogen-bond donors (Lipinski definition) is 1. The van der Waals surface area contributed by atoms with Gasteiger partial charge in [0.2, 0.25) is 10.0 Å². The Morgan fingerprint density at radius 1 is 1.35 bits per heavy atom. The van der Waals surface area contributed by atoms with Crippen molar-refractivity contribution in [1.29, 1.82) is 0 Å². The first kappa shape index (κ1) is 15.3. The fourth-order valence-corrected chi connectivity index (χ4v) is 3.47. The summed E-state index contributed by atoms with van der Waals surface area (Å²) in [5.41, 5.74) is 1.18. The topological polar surface area (TPSA) is 66.1 Å². The van der Waals surface area contributed by atoms with E-state index in [1.807, 2.05) is 0 Å². The normalized spacial score (nSPS) is 12.1. The van der Waals surface area contributed by atoms with E-state index in [-0.39, 0.29) is 11.4 Å². The van der Waals surface area contributed by atoms with Gasteiger partial charge in [-0.25, -0.2) is 8.42 Å². The number of H-pyrrole nitrogens is 1. The van der Waals surface area contributed by atoms with E-state index >= 15 is 0 Å². The summed E-state index contributed by atoms with van der Waals surface area (Å²) in [5, 5.41) is 7.29. The van der Waals surface area contributed by atoms with Gasteiger partial charge < -0.3 is 0 Å². The molecule has 0 aliphatic carbocycles. The molecule has 0 unspecified atom stereocenters. The molecule has 0 aliphatic rings. The van der Waals surface area contributed by atoms with Crippen LogP contribution in [-0.4, -0.2) is 30.0 Å². The molecule has 5 nitrogen and oxygen atoms in total. The molecule has 0 atom stereocenters. The maximum atomic E-state index is 12.4. The first-order valence-corrected chi connectivity index (χ1v) is 7.92. The summed E-state index contributed by atoms with van der Waals surface area (Å²) in [6.07, 6.45) is 1.30. The molecule has 0 saturated carbocycles. The fraction of sp³-hybridized carbons (Fsp3) is 0.250. The van der Waals surface area contributed by atoms with E-state index in [2.05, 4.69) is 10.2 Å². The Morgan fingerprint density at radius 3 is 2.60 bits per heavy atom. The molecule has 1 heterocycles. The lowest BCUT2D eigenvalue weighted by atomic mass is 10.2. The third kappa shape index (κ3) is 2.98. The molecule has 1 aromatic carbocycles. The van der Waals surface area contributed by atoms with Gasteiger partial charge in [0.15, 0.2) is 0 Å². The van der Waals surface area contributed by atoms with Gasteiger partial charge in [-0.3, -0.25) is 5.10 Å². The highest BCUT2D eigenvalue weighted by atomic mass is 35.5. The lowest BCUT2D eigenvalue weighted by Gasteiger charge is -2.17. The minimum Gasteiger partial charge on any atom is -0.281 e. The fourth-order valence-electron chi connectivity index (χ4n) is 1.74. The molecule has 20 heavy (non-hydrogen) atoms. The van der Waals surface area contributed by atoms with Crippen LogP contribution in [0.3, 0.4) is 0 Å². The summed E-state index contributed by atoms with van der Waals surface area (Å²) in [5.74, 6) is 0. The maximum absolute atomic E-state index is 12.4. The van der Waals surface area contributed by atoms with Crippen LogP contribution in [0.4, 0.5) is 0 Å². The quantitative estimate of drug-likeness (QED) is 0.935. The zero-order valence-corrected chi connectivity index (χ0v) is 13.2. The summed E-state index contributed by atoms with van der Waals surface area (Å²) in [6, 6.07) is 4.97. The first-order chi connectivity index (χ1) is 9.32. The standard InChI is InChI=1S/C12H13Cl2N3O2S/c1-8-12(6-15-16-8)20(18,19)17(2)7-9-3-4-10(13)5-11(9)14/h3-6H,7H2,1-2H3,(H,15,16). The monoisotopic (exact) mass is 333 g/mol. The molecule has 0 aliphatic heterocycles. The molecule has 0 saturated heterocycles. The van der Waals surface area contributed by atoms with Crippen LogP contribution in [0.15, 0.2) is 29.3 Å². The van der Waals surface area contributed by atoms with E-state index in [0.29, 0.717) is 21.3 Å². The van der Waals surface area contributed by atoms with E-state index in [1.54, 1.807) is 25.1 Å². The van der Waals surface area contributed by atoms with Gasteiger partial charge in [-0.05, 0) is 24.6 Å². The summed E-state index contributed by atoms with van der Waals surface area (Å²) in [4.78, 5) is 0.157. The van der Waals surface area contributed by atoms with Crippen molar-refractivity contribution in [3.8, 4) is 0 Å². The molecule has 8 heteroatoms. The smallest absolute Gasteiger partial charge is 0.246 e. The molecular formula is C12H13Cl2N3O2S. The van der Waals surface area contributed by atoms with Gasteiger partial charge in [0.05, 0.1) is 11.9 Å². The highest BCUT2D eigenvalue weighted by molar-refractivity contribution is 7.89. The minimum absolute atomic E-state index is 0.156. The van der Waals surface area contributed by atoms with Crippen molar-refractivity contribution in [2.24, 2.45) is 0 Å². The van der Waals surface area contributed by atoms with E-state index in [4.69, 9.17) is 23.2 Å². The van der Waals surface area contributed by atoms with Crippen LogP contribution >= 0.6 is 23.2 Å². The predicted molar refractivity (Wildman–Crippen MR) is 78.4 cm³/mol. The highest BCUT2D eigenvalue weighted by Crippen LogP contribution is 2.24. The lowest BCUT2D eigenvalue weighted by molar-refractivity contribution is 0.466. The largest absolute Gasteiger partial charge is 0.281 e. The lowest BCUT2D eigenvalue weighted by Crippen LogP contribution is -2.26. The summed E-state index contributed by atoms with van der Waals surface area (Å²) >= 11 is 11.9. The van der Waals surface area contributed by atoms with Gasteiger partial charge in [-0.2, -0.15) is 9.40 Å². The Balaban J connectivity index is 2.28. The van der Waals surface area contributed by atoms with Gasteiger partial charge >= 0.3 is 0 Å². The Bertz CT molecular complexity index is 728. The number of nitrogens with one attached hydrogen (secondary N) is 1. The Labute approximate surface area is 127 Å². The second-order valence-electron chi connectivity index (χ2n) is 4.36. The average molecular weight is 334 g/mol. The third-order valence-electron chi connectivity index (χ3n) is 2.88. The van der Waals surface area contributed by atoms with Gasteiger partial charge in [-0.1, -0.05) is 29.3 Å². The van der Waals surface area contributed by atoms with Crippen LogP contribution in [0.5, 0.6) is 0 Å². The number of sulfonamides is 1. The number of rotatable bonds is 4. The number of aromatic amines is 1. The third-order valence-corrected chi connectivity index (χ3v) is 5.38. The molecule has 0 fully saturated rings. The van der Waals surface area contributed by atoms with Gasteiger partial charge in [0.1, 0.15) is 4.90 Å². The molecule has 1 aromatic heterocycles. The average Bonchev–Trinajstić information content (AvgIpc) is 2.79. The Hall–Kier alpha value is -1.08. The Kier molecular flexibility index (Phi) is 4.39. The molecule has 2 rings (SSSR count). The van der Waals surface area contributed by atoms with Gasteiger partial charge in [0.25, 0.3) is 0 Å². The van der Waals surface area contributed by atoms with Crippen LogP contribution in [0.1, 0.15) is 11.3 Å². The van der Waals surface area contributed by atoms with Crippen molar-refractivity contribution >= 4 is 33.2 Å². The number of aromatic nitrogens is 2. The zero-order chi connectivity index (χ0) is 14.9. The first-order valence-electron chi connectivity index (χ1n) is 5.72. The molecule has 108 valence electrons. The number of halogens is 2. The van der Waals surface area contributed by atoms with Crippen molar-refractivity contribution in [3.63, 3.8) is 0 Å². The predicted octanol–water partition coefficient (Wildman–Crippen LogP) is 2.85. The summed E-state index contributed by atoms with van der Waals surface area (Å²) in [7, 11) is -2.11. The molecule has 1 N–H and O–H groups in total.